The van der Waals surface area contributed by atoms with E-state index >= 15 is 0 Å². The topological polar surface area (TPSA) is 78.9 Å². The summed E-state index contributed by atoms with van der Waals surface area (Å²) in [6, 6.07) is 0. The zero-order chi connectivity index (χ0) is 51.4. The van der Waals surface area contributed by atoms with Crippen LogP contribution >= 0.6 is 0 Å². The zero-order valence-electron chi connectivity index (χ0n) is 47.5. The van der Waals surface area contributed by atoms with E-state index in [1.165, 1.54) is 212 Å². The highest BCUT2D eigenvalue weighted by Crippen LogP contribution is 2.16. The average Bonchev–Trinajstić information content (AvgIpc) is 3.37. The first-order chi connectivity index (χ1) is 35.0. The van der Waals surface area contributed by atoms with Crippen LogP contribution in [0.1, 0.15) is 329 Å². The third-order valence-electron chi connectivity index (χ3n) is 13.8. The number of esters is 3. The van der Waals surface area contributed by atoms with Crippen molar-refractivity contribution in [3.63, 3.8) is 0 Å². The summed E-state index contributed by atoms with van der Waals surface area (Å²) in [4.78, 5) is 38.3. The second-order valence-electron chi connectivity index (χ2n) is 21.0. The molecule has 6 nitrogen and oxygen atoms in total. The molecule has 0 fully saturated rings. The first-order valence-electron chi connectivity index (χ1n) is 31.1. The van der Waals surface area contributed by atoms with Gasteiger partial charge in [0.15, 0.2) is 6.10 Å². The third-order valence-corrected chi connectivity index (χ3v) is 13.8. The Kier molecular flexibility index (Phi) is 57.7. The molecule has 1 atom stereocenters. The van der Waals surface area contributed by atoms with Gasteiger partial charge in [-0.3, -0.25) is 14.4 Å². The summed E-state index contributed by atoms with van der Waals surface area (Å²) in [5.41, 5.74) is 0. The van der Waals surface area contributed by atoms with Crippen LogP contribution in [0.3, 0.4) is 0 Å². The largest absolute Gasteiger partial charge is 0.462 e. The predicted octanol–water partition coefficient (Wildman–Crippen LogP) is 21.0. The van der Waals surface area contributed by atoms with Crippen molar-refractivity contribution >= 4 is 17.9 Å². The minimum atomic E-state index is -0.779. The summed E-state index contributed by atoms with van der Waals surface area (Å²) in [6.07, 6.45) is 73.9. The van der Waals surface area contributed by atoms with E-state index < -0.39 is 6.10 Å². The molecule has 6 heteroatoms. The molecule has 0 N–H and O–H groups in total. The van der Waals surface area contributed by atoms with Gasteiger partial charge in [-0.05, 0) is 83.5 Å². The summed E-state index contributed by atoms with van der Waals surface area (Å²) in [5, 5.41) is 0. The number of hydrogen-bond donors (Lipinski definition) is 0. The molecule has 0 aliphatic carbocycles. The number of carbonyl (C=O) groups excluding carboxylic acids is 3. The molecule has 1 unspecified atom stereocenters. The Morgan fingerprint density at radius 2 is 0.507 bits per heavy atom. The molecule has 0 saturated heterocycles. The Morgan fingerprint density at radius 1 is 0.282 bits per heavy atom. The minimum Gasteiger partial charge on any atom is -0.462 e. The van der Waals surface area contributed by atoms with Gasteiger partial charge in [0.2, 0.25) is 0 Å². The van der Waals surface area contributed by atoms with Crippen molar-refractivity contribution in [2.75, 3.05) is 13.2 Å². The van der Waals surface area contributed by atoms with E-state index in [0.717, 1.165) is 77.0 Å². The van der Waals surface area contributed by atoms with Crippen LogP contribution in [0.2, 0.25) is 0 Å². The lowest BCUT2D eigenvalue weighted by molar-refractivity contribution is -0.167. The van der Waals surface area contributed by atoms with Crippen molar-refractivity contribution in [2.45, 2.75) is 335 Å². The maximum Gasteiger partial charge on any atom is 0.306 e. The van der Waals surface area contributed by atoms with Crippen molar-refractivity contribution in [3.05, 3.63) is 48.6 Å². The predicted molar refractivity (Wildman–Crippen MR) is 307 cm³/mol. The quantitative estimate of drug-likeness (QED) is 0.0261. The fourth-order valence-electron chi connectivity index (χ4n) is 9.09. The van der Waals surface area contributed by atoms with Gasteiger partial charge < -0.3 is 14.2 Å². The number of ether oxygens (including phenoxy) is 3. The number of allylic oxidation sites excluding steroid dienone is 8. The van der Waals surface area contributed by atoms with Crippen LogP contribution in [-0.4, -0.2) is 37.2 Å². The molecule has 0 saturated carbocycles. The van der Waals surface area contributed by atoms with Crippen molar-refractivity contribution in [2.24, 2.45) is 0 Å². The van der Waals surface area contributed by atoms with Crippen LogP contribution in [0.15, 0.2) is 48.6 Å². The van der Waals surface area contributed by atoms with Gasteiger partial charge in [0.05, 0.1) is 0 Å². The summed E-state index contributed by atoms with van der Waals surface area (Å²) in [5.74, 6) is -0.874. The van der Waals surface area contributed by atoms with E-state index in [1.54, 1.807) is 0 Å². The summed E-state index contributed by atoms with van der Waals surface area (Å²) < 4.78 is 16.9. The number of hydrogen-bond acceptors (Lipinski definition) is 6. The molecular formula is C65H118O6. The molecule has 0 radical (unpaired) electrons. The molecule has 0 bridgehead atoms. The molecule has 0 aromatic rings. The van der Waals surface area contributed by atoms with Gasteiger partial charge in [-0.25, -0.2) is 0 Å². The molecule has 0 rings (SSSR count). The van der Waals surface area contributed by atoms with Gasteiger partial charge in [0, 0.05) is 19.3 Å². The lowest BCUT2D eigenvalue weighted by Crippen LogP contribution is -2.30. The monoisotopic (exact) mass is 995 g/mol. The van der Waals surface area contributed by atoms with E-state index in [9.17, 15) is 14.4 Å². The smallest absolute Gasteiger partial charge is 0.306 e. The highest BCUT2D eigenvalue weighted by molar-refractivity contribution is 5.71. The SMILES string of the molecule is CCCCCCC/C=C\C/C=C\C/C=C\CCCCCCCCC(=O)OCC(COC(=O)CCCCCCCCCCCCCCCCC)OC(=O)CCCCCCCCC/C=C\CCCCCCCC. The lowest BCUT2D eigenvalue weighted by Gasteiger charge is -2.18. The lowest BCUT2D eigenvalue weighted by atomic mass is 10.0. The first kappa shape index (κ1) is 68.4. The van der Waals surface area contributed by atoms with Gasteiger partial charge in [-0.2, -0.15) is 0 Å². The van der Waals surface area contributed by atoms with Crippen LogP contribution in [0.25, 0.3) is 0 Å². The highest BCUT2D eigenvalue weighted by Gasteiger charge is 2.19. The molecule has 0 aliphatic heterocycles. The van der Waals surface area contributed by atoms with Crippen molar-refractivity contribution < 1.29 is 28.6 Å². The Morgan fingerprint density at radius 3 is 0.803 bits per heavy atom. The maximum atomic E-state index is 12.9. The van der Waals surface area contributed by atoms with Crippen LogP contribution in [0.5, 0.6) is 0 Å². The fourth-order valence-corrected chi connectivity index (χ4v) is 9.09. The molecule has 0 spiro atoms. The Labute approximate surface area is 441 Å². The van der Waals surface area contributed by atoms with E-state index in [-0.39, 0.29) is 31.1 Å². The van der Waals surface area contributed by atoms with E-state index in [0.29, 0.717) is 19.3 Å². The van der Waals surface area contributed by atoms with Gasteiger partial charge in [-0.15, -0.1) is 0 Å². The van der Waals surface area contributed by atoms with Crippen molar-refractivity contribution in [1.29, 1.82) is 0 Å². The number of unbranched alkanes of at least 4 members (excludes halogenated alkanes) is 38. The first-order valence-corrected chi connectivity index (χ1v) is 31.1. The van der Waals surface area contributed by atoms with Crippen molar-refractivity contribution in [3.8, 4) is 0 Å². The van der Waals surface area contributed by atoms with Gasteiger partial charge in [0.1, 0.15) is 13.2 Å². The van der Waals surface area contributed by atoms with Crippen LogP contribution in [0, 0.1) is 0 Å². The van der Waals surface area contributed by atoms with Crippen molar-refractivity contribution in [1.82, 2.24) is 0 Å². The van der Waals surface area contributed by atoms with Gasteiger partial charge >= 0.3 is 17.9 Å². The fraction of sp³-hybridized carbons (Fsp3) is 0.831. The highest BCUT2D eigenvalue weighted by atomic mass is 16.6. The van der Waals surface area contributed by atoms with Gasteiger partial charge in [-0.1, -0.05) is 275 Å². The number of rotatable bonds is 57. The standard InChI is InChI=1S/C65H118O6/c1-4-7-10-13-16-19-22-25-28-30-31-32-33-35-37-40-43-46-49-52-55-58-64(67)70-61-62(60-69-63(66)57-54-51-48-45-42-39-36-27-24-21-18-15-12-9-6-3)71-65(68)59-56-53-50-47-44-41-38-34-29-26-23-20-17-14-11-8-5-2/h22,25-26,29-31,33,35,62H,4-21,23-24,27-28,32,34,36-61H2,1-3H3/b25-22-,29-26-,31-30-,35-33-. The molecule has 0 aliphatic rings. The average molecular weight is 996 g/mol. The molecule has 0 amide bonds. The molecule has 71 heavy (non-hydrogen) atoms. The van der Waals surface area contributed by atoms with E-state index in [1.807, 2.05) is 0 Å². The Bertz CT molecular complexity index is 1230. The summed E-state index contributed by atoms with van der Waals surface area (Å²) >= 11 is 0. The molecular weight excluding hydrogens is 877 g/mol. The van der Waals surface area contributed by atoms with Crippen LogP contribution < -0.4 is 0 Å². The molecule has 0 aromatic carbocycles. The normalized spacial score (nSPS) is 12.3. The third kappa shape index (κ3) is 58.1. The van der Waals surface area contributed by atoms with Crippen LogP contribution in [-0.2, 0) is 28.6 Å². The van der Waals surface area contributed by atoms with E-state index in [4.69, 9.17) is 14.2 Å². The Hall–Kier alpha value is -2.63. The van der Waals surface area contributed by atoms with E-state index in [2.05, 4.69) is 69.4 Å². The zero-order valence-corrected chi connectivity index (χ0v) is 47.5. The summed E-state index contributed by atoms with van der Waals surface area (Å²) in [7, 11) is 0. The second-order valence-corrected chi connectivity index (χ2v) is 21.0. The molecule has 0 heterocycles. The number of carbonyl (C=O) groups is 3. The van der Waals surface area contributed by atoms with Crippen LogP contribution in [0.4, 0.5) is 0 Å². The summed E-state index contributed by atoms with van der Waals surface area (Å²) in [6.45, 7) is 6.66. The molecule has 0 aromatic heterocycles. The minimum absolute atomic E-state index is 0.0757. The second kappa shape index (κ2) is 59.9. The Balaban J connectivity index is 4.37. The molecule has 414 valence electrons. The maximum absolute atomic E-state index is 12.9. The van der Waals surface area contributed by atoms with Gasteiger partial charge in [0.25, 0.3) is 0 Å².